The largest absolute Gasteiger partial charge is 0.346 e. The second-order valence-corrected chi connectivity index (χ2v) is 8.86. The molecule has 168 valence electrons. The van der Waals surface area contributed by atoms with Gasteiger partial charge in [0.25, 0.3) is 11.8 Å². The molecule has 8 heteroatoms. The van der Waals surface area contributed by atoms with Gasteiger partial charge in [0.15, 0.2) is 11.3 Å². The van der Waals surface area contributed by atoms with Crippen LogP contribution >= 0.6 is 0 Å². The zero-order valence-corrected chi connectivity index (χ0v) is 19.1. The number of carbonyl (C=O) groups is 2. The molecule has 0 saturated carbocycles. The first-order chi connectivity index (χ1) is 15.7. The smallest absolute Gasteiger partial charge is 0.272 e. The summed E-state index contributed by atoms with van der Waals surface area (Å²) in [6.45, 7) is 8.26. The van der Waals surface area contributed by atoms with Crippen LogP contribution in [-0.2, 0) is 12.1 Å². The van der Waals surface area contributed by atoms with Gasteiger partial charge in [-0.1, -0.05) is 23.8 Å². The van der Waals surface area contributed by atoms with Crippen molar-refractivity contribution in [1.29, 1.82) is 0 Å². The average molecular weight is 443 g/mol. The number of fused-ring (bicyclic) bond motifs is 1. The van der Waals surface area contributed by atoms with Crippen LogP contribution in [0.15, 0.2) is 60.9 Å². The van der Waals surface area contributed by atoms with Gasteiger partial charge in [0, 0.05) is 24.5 Å². The fourth-order valence-corrected chi connectivity index (χ4v) is 3.36. The van der Waals surface area contributed by atoms with E-state index in [0.717, 1.165) is 11.1 Å². The number of aryl methyl sites for hydroxylation is 1. The predicted molar refractivity (Wildman–Crippen MR) is 127 cm³/mol. The maximum absolute atomic E-state index is 12.9. The topological polar surface area (TPSA) is 102 Å². The van der Waals surface area contributed by atoms with Crippen LogP contribution in [0.2, 0.25) is 0 Å². The van der Waals surface area contributed by atoms with Crippen LogP contribution in [0.1, 0.15) is 52.7 Å². The molecule has 3 aromatic heterocycles. The lowest BCUT2D eigenvalue weighted by atomic mass is 10.1. The van der Waals surface area contributed by atoms with E-state index in [2.05, 4.69) is 25.7 Å². The maximum Gasteiger partial charge on any atom is 0.272 e. The van der Waals surface area contributed by atoms with Crippen molar-refractivity contribution in [2.75, 3.05) is 5.32 Å². The molecule has 0 spiro atoms. The molecule has 0 saturated heterocycles. The zero-order valence-electron chi connectivity index (χ0n) is 19.1. The number of rotatable bonds is 5. The number of hydrogen-bond acceptors (Lipinski definition) is 5. The summed E-state index contributed by atoms with van der Waals surface area (Å²) in [7, 11) is 0. The second kappa shape index (κ2) is 8.82. The van der Waals surface area contributed by atoms with E-state index in [1.165, 1.54) is 0 Å². The van der Waals surface area contributed by atoms with Crippen molar-refractivity contribution in [2.24, 2.45) is 0 Å². The highest BCUT2D eigenvalue weighted by atomic mass is 16.2. The first kappa shape index (κ1) is 22.1. The lowest BCUT2D eigenvalue weighted by Gasteiger charge is -2.20. The van der Waals surface area contributed by atoms with Crippen molar-refractivity contribution in [3.63, 3.8) is 0 Å². The molecule has 0 unspecified atom stereocenters. The van der Waals surface area contributed by atoms with Crippen LogP contribution in [0.3, 0.4) is 0 Å². The summed E-state index contributed by atoms with van der Waals surface area (Å²) in [4.78, 5) is 34.3. The molecular formula is C25H26N6O2. The third-order valence-corrected chi connectivity index (χ3v) is 5.11. The molecule has 0 fully saturated rings. The number of pyridine rings is 2. The summed E-state index contributed by atoms with van der Waals surface area (Å²) in [5, 5.41) is 10.9. The van der Waals surface area contributed by atoms with Gasteiger partial charge in [-0.05, 0) is 63.6 Å². The highest BCUT2D eigenvalue weighted by molar-refractivity contribution is 6.06. The number of hydrogen-bond donors (Lipinski definition) is 2. The number of benzene rings is 1. The summed E-state index contributed by atoms with van der Waals surface area (Å²) >= 11 is 0. The Morgan fingerprint density at radius 2 is 1.76 bits per heavy atom. The van der Waals surface area contributed by atoms with Gasteiger partial charge in [0.2, 0.25) is 0 Å². The molecule has 2 N–H and O–H groups in total. The van der Waals surface area contributed by atoms with Gasteiger partial charge in [-0.3, -0.25) is 14.6 Å². The summed E-state index contributed by atoms with van der Waals surface area (Å²) in [5.74, 6) is -0.163. The molecule has 4 aromatic rings. The molecule has 1 aromatic carbocycles. The number of amides is 2. The molecule has 0 aliphatic carbocycles. The Balaban J connectivity index is 1.63. The number of anilines is 1. The first-order valence-electron chi connectivity index (χ1n) is 10.7. The van der Waals surface area contributed by atoms with Crippen molar-refractivity contribution in [3.05, 3.63) is 83.3 Å². The van der Waals surface area contributed by atoms with E-state index in [9.17, 15) is 9.59 Å². The molecule has 3 heterocycles. The highest BCUT2D eigenvalue weighted by Crippen LogP contribution is 2.25. The van der Waals surface area contributed by atoms with Crippen molar-refractivity contribution in [3.8, 4) is 0 Å². The van der Waals surface area contributed by atoms with Crippen molar-refractivity contribution in [2.45, 2.75) is 39.8 Å². The van der Waals surface area contributed by atoms with Crippen LogP contribution < -0.4 is 10.6 Å². The van der Waals surface area contributed by atoms with E-state index >= 15 is 0 Å². The Kier molecular flexibility index (Phi) is 5.91. The van der Waals surface area contributed by atoms with E-state index in [1.54, 1.807) is 41.3 Å². The monoisotopic (exact) mass is 442 g/mol. The van der Waals surface area contributed by atoms with Gasteiger partial charge >= 0.3 is 0 Å². The molecule has 0 aliphatic heterocycles. The van der Waals surface area contributed by atoms with Gasteiger partial charge < -0.3 is 10.6 Å². The fourth-order valence-electron chi connectivity index (χ4n) is 3.36. The van der Waals surface area contributed by atoms with Gasteiger partial charge in [0.05, 0.1) is 10.9 Å². The van der Waals surface area contributed by atoms with Crippen LogP contribution in [0.4, 0.5) is 5.82 Å². The lowest BCUT2D eigenvalue weighted by Crippen LogP contribution is -2.26. The third kappa shape index (κ3) is 4.90. The Bertz CT molecular complexity index is 1300. The van der Waals surface area contributed by atoms with Gasteiger partial charge in [0.1, 0.15) is 5.82 Å². The molecule has 8 nitrogen and oxygen atoms in total. The Hall–Kier alpha value is -4.07. The van der Waals surface area contributed by atoms with E-state index < -0.39 is 5.54 Å². The van der Waals surface area contributed by atoms with Crippen LogP contribution in [-0.4, -0.2) is 31.6 Å². The minimum Gasteiger partial charge on any atom is -0.346 e. The standard InChI is InChI=1S/C25H26N6O2/c1-16-7-9-18(10-8-16)23(32)29-20-12-11-19-21(30-31(22(19)28-20)25(2,3)4)24(33)27-15-17-6-5-13-26-14-17/h5-14H,15H2,1-4H3,(H,27,33)(H,28,29,32). The minimum atomic E-state index is -0.424. The maximum atomic E-state index is 12.9. The molecule has 0 aliphatic rings. The van der Waals surface area contributed by atoms with Crippen molar-refractivity contribution >= 4 is 28.7 Å². The molecule has 2 amide bonds. The second-order valence-electron chi connectivity index (χ2n) is 8.86. The third-order valence-electron chi connectivity index (χ3n) is 5.11. The Morgan fingerprint density at radius 3 is 2.42 bits per heavy atom. The van der Waals surface area contributed by atoms with Crippen LogP contribution in [0.5, 0.6) is 0 Å². The van der Waals surface area contributed by atoms with E-state index in [4.69, 9.17) is 0 Å². The highest BCUT2D eigenvalue weighted by Gasteiger charge is 2.25. The van der Waals surface area contributed by atoms with Crippen LogP contribution in [0.25, 0.3) is 11.0 Å². The summed E-state index contributed by atoms with van der Waals surface area (Å²) < 4.78 is 1.71. The zero-order chi connectivity index (χ0) is 23.6. The normalized spacial score (nSPS) is 11.4. The van der Waals surface area contributed by atoms with E-state index in [1.807, 2.05) is 52.0 Å². The minimum absolute atomic E-state index is 0.252. The molecule has 0 bridgehead atoms. The van der Waals surface area contributed by atoms with Crippen molar-refractivity contribution < 1.29 is 9.59 Å². The van der Waals surface area contributed by atoms with E-state index in [0.29, 0.717) is 29.0 Å². The predicted octanol–water partition coefficient (Wildman–Crippen LogP) is 4.07. The van der Waals surface area contributed by atoms with Gasteiger partial charge in [-0.15, -0.1) is 0 Å². The summed E-state index contributed by atoms with van der Waals surface area (Å²) in [6, 6.07) is 14.5. The SMILES string of the molecule is Cc1ccc(C(=O)Nc2ccc3c(C(=O)NCc4cccnc4)nn(C(C)(C)C)c3n2)cc1. The Labute approximate surface area is 192 Å². The lowest BCUT2D eigenvalue weighted by molar-refractivity contribution is 0.0945. The molecule has 4 rings (SSSR count). The van der Waals surface area contributed by atoms with E-state index in [-0.39, 0.29) is 17.5 Å². The molecule has 0 atom stereocenters. The average Bonchev–Trinajstić information content (AvgIpc) is 3.18. The molecule has 0 radical (unpaired) electrons. The summed E-state index contributed by atoms with van der Waals surface area (Å²) in [5.41, 5.74) is 2.90. The quantitative estimate of drug-likeness (QED) is 0.485. The Morgan fingerprint density at radius 1 is 1.00 bits per heavy atom. The molecular weight excluding hydrogens is 416 g/mol. The number of nitrogens with one attached hydrogen (secondary N) is 2. The number of nitrogens with zero attached hydrogens (tertiary/aromatic N) is 4. The fraction of sp³-hybridized carbons (Fsp3) is 0.240. The molecule has 33 heavy (non-hydrogen) atoms. The number of carbonyl (C=O) groups excluding carboxylic acids is 2. The van der Waals surface area contributed by atoms with Gasteiger partial charge in [-0.2, -0.15) is 5.10 Å². The number of aromatic nitrogens is 4. The van der Waals surface area contributed by atoms with Crippen LogP contribution in [0, 0.1) is 6.92 Å². The van der Waals surface area contributed by atoms with Crippen molar-refractivity contribution in [1.82, 2.24) is 25.1 Å². The first-order valence-corrected chi connectivity index (χ1v) is 10.7. The van der Waals surface area contributed by atoms with Gasteiger partial charge in [-0.25, -0.2) is 9.67 Å². The summed E-state index contributed by atoms with van der Waals surface area (Å²) in [6.07, 6.45) is 3.39.